The molecule has 1 aliphatic heterocycles. The molecule has 1 atom stereocenters. The Hall–Kier alpha value is -2.46. The van der Waals surface area contributed by atoms with Crippen molar-refractivity contribution in [3.8, 4) is 17.1 Å². The number of hydrogen-bond acceptors (Lipinski definition) is 7. The predicted octanol–water partition coefficient (Wildman–Crippen LogP) is 5.05. The number of ether oxygens (including phenoxy) is 1. The molecular formula is C22H28Cl2FN7O. The molecule has 0 amide bonds. The summed E-state index contributed by atoms with van der Waals surface area (Å²) in [6.07, 6.45) is 6.34. The summed E-state index contributed by atoms with van der Waals surface area (Å²) in [4.78, 5) is 8.68. The van der Waals surface area contributed by atoms with E-state index in [0.717, 1.165) is 31.5 Å². The Kier molecular flexibility index (Phi) is 8.47. The maximum atomic E-state index is 13.9. The molecule has 8 nitrogen and oxygen atoms in total. The zero-order valence-electron chi connectivity index (χ0n) is 18.8. The highest BCUT2D eigenvalue weighted by Crippen LogP contribution is 2.36. The summed E-state index contributed by atoms with van der Waals surface area (Å²) in [5, 5.41) is 6.47. The Bertz CT molecular complexity index is 1090. The van der Waals surface area contributed by atoms with Crippen LogP contribution in [0.3, 0.4) is 0 Å². The van der Waals surface area contributed by atoms with Crippen molar-refractivity contribution in [2.24, 2.45) is 5.84 Å². The number of anilines is 1. The molecule has 0 saturated carbocycles. The van der Waals surface area contributed by atoms with Gasteiger partial charge in [-0.3, -0.25) is 10.5 Å². The largest absolute Gasteiger partial charge is 0.467 e. The quantitative estimate of drug-likeness (QED) is 0.376. The van der Waals surface area contributed by atoms with Crippen molar-refractivity contribution in [2.75, 3.05) is 18.8 Å². The van der Waals surface area contributed by atoms with E-state index < -0.39 is 11.9 Å². The van der Waals surface area contributed by atoms with E-state index in [9.17, 15) is 4.39 Å². The van der Waals surface area contributed by atoms with Gasteiger partial charge < -0.3 is 10.5 Å². The fourth-order valence-corrected chi connectivity index (χ4v) is 4.25. The summed E-state index contributed by atoms with van der Waals surface area (Å²) in [6.45, 7) is 7.33. The van der Waals surface area contributed by atoms with E-state index in [1.54, 1.807) is 19.3 Å². The molecule has 11 heteroatoms. The highest BCUT2D eigenvalue weighted by atomic mass is 35.5. The minimum absolute atomic E-state index is 0.0990. The van der Waals surface area contributed by atoms with Gasteiger partial charge in [0, 0.05) is 35.4 Å². The lowest BCUT2D eigenvalue weighted by molar-refractivity contribution is 0.183. The third-order valence-corrected chi connectivity index (χ3v) is 6.03. The molecule has 1 fully saturated rings. The van der Waals surface area contributed by atoms with Gasteiger partial charge in [0.25, 0.3) is 5.88 Å². The number of rotatable bonds is 5. The molecule has 0 spiro atoms. The Morgan fingerprint density at radius 1 is 1.18 bits per heavy atom. The molecule has 2 aromatic heterocycles. The van der Waals surface area contributed by atoms with Crippen molar-refractivity contribution in [1.29, 1.82) is 0 Å². The van der Waals surface area contributed by atoms with Crippen LogP contribution in [0, 0.1) is 5.82 Å². The maximum Gasteiger partial charge on any atom is 0.258 e. The van der Waals surface area contributed by atoms with E-state index in [1.165, 1.54) is 12.1 Å². The van der Waals surface area contributed by atoms with E-state index in [1.807, 2.05) is 29.7 Å². The maximum absolute atomic E-state index is 13.9. The average molecular weight is 496 g/mol. The van der Waals surface area contributed by atoms with Crippen LogP contribution in [0.15, 0.2) is 30.7 Å². The van der Waals surface area contributed by atoms with E-state index in [4.69, 9.17) is 39.5 Å². The first-order valence-corrected chi connectivity index (χ1v) is 11.6. The van der Waals surface area contributed by atoms with Gasteiger partial charge in [0.05, 0.1) is 29.2 Å². The normalized spacial score (nSPS) is 15.6. The second-order valence-electron chi connectivity index (χ2n) is 7.44. The summed E-state index contributed by atoms with van der Waals surface area (Å²) in [5.74, 6) is 5.45. The molecule has 0 bridgehead atoms. The summed E-state index contributed by atoms with van der Waals surface area (Å²) in [7, 11) is 0. The number of benzene rings is 1. The van der Waals surface area contributed by atoms with Gasteiger partial charge in [-0.05, 0) is 31.9 Å². The molecule has 4 rings (SSSR count). The molecule has 0 aliphatic carbocycles. The third kappa shape index (κ3) is 5.73. The molecule has 1 aliphatic rings. The highest BCUT2D eigenvalue weighted by Gasteiger charge is 2.22. The number of nitrogens with zero attached hydrogens (tertiary/aromatic N) is 5. The molecular weight excluding hydrogens is 468 g/mol. The standard InChI is InChI=1S/C20H22Cl2FN7O.C2H6/c1-11(17-14(21)2-3-15(23)18(17)22)31-20-19(24)26-9-16(28-20)12-8-27-30(10-12)13-4-6-29(25)7-5-13;1-2/h2-3,8-11,13H,4-7,25H2,1H3,(H2,24,26);1-2H3/t11-;/m1./s1. The smallest absolute Gasteiger partial charge is 0.258 e. The molecule has 3 aromatic rings. The van der Waals surface area contributed by atoms with E-state index in [-0.39, 0.29) is 27.8 Å². The number of nitrogen functional groups attached to an aromatic ring is 1. The first-order valence-electron chi connectivity index (χ1n) is 10.8. The molecule has 0 radical (unpaired) electrons. The lowest BCUT2D eigenvalue weighted by atomic mass is 10.1. The van der Waals surface area contributed by atoms with Crippen molar-refractivity contribution < 1.29 is 9.13 Å². The summed E-state index contributed by atoms with van der Waals surface area (Å²) < 4.78 is 21.7. The molecule has 4 N–H and O–H groups in total. The highest BCUT2D eigenvalue weighted by molar-refractivity contribution is 6.36. The molecule has 33 heavy (non-hydrogen) atoms. The summed E-state index contributed by atoms with van der Waals surface area (Å²) in [6, 6.07) is 2.90. The van der Waals surface area contributed by atoms with Crippen LogP contribution < -0.4 is 16.3 Å². The van der Waals surface area contributed by atoms with Crippen LogP contribution in [0.4, 0.5) is 10.2 Å². The molecule has 178 valence electrons. The zero-order valence-corrected chi connectivity index (χ0v) is 20.3. The van der Waals surface area contributed by atoms with E-state index in [2.05, 4.69) is 15.1 Å². The number of halogens is 3. The Labute approximate surface area is 202 Å². The number of nitrogens with two attached hydrogens (primary N) is 2. The summed E-state index contributed by atoms with van der Waals surface area (Å²) >= 11 is 12.3. The van der Waals surface area contributed by atoms with Gasteiger partial charge in [0.1, 0.15) is 11.9 Å². The van der Waals surface area contributed by atoms with Gasteiger partial charge in [0.15, 0.2) is 5.82 Å². The van der Waals surface area contributed by atoms with Crippen molar-refractivity contribution >= 4 is 29.0 Å². The fourth-order valence-electron chi connectivity index (χ4n) is 3.57. The lowest BCUT2D eigenvalue weighted by Crippen LogP contribution is -2.39. The van der Waals surface area contributed by atoms with Gasteiger partial charge in [-0.15, -0.1) is 0 Å². The van der Waals surface area contributed by atoms with Crippen LogP contribution in [0.5, 0.6) is 5.88 Å². The van der Waals surface area contributed by atoms with E-state index >= 15 is 0 Å². The van der Waals surface area contributed by atoms with Crippen LogP contribution in [-0.2, 0) is 0 Å². The Morgan fingerprint density at radius 3 is 2.58 bits per heavy atom. The van der Waals surface area contributed by atoms with Crippen molar-refractivity contribution in [3.63, 3.8) is 0 Å². The Morgan fingerprint density at radius 2 is 1.88 bits per heavy atom. The van der Waals surface area contributed by atoms with Crippen molar-refractivity contribution in [2.45, 2.75) is 45.8 Å². The second kappa shape index (κ2) is 11.1. The monoisotopic (exact) mass is 495 g/mol. The van der Waals surface area contributed by atoms with Gasteiger partial charge in [0.2, 0.25) is 0 Å². The zero-order chi connectivity index (χ0) is 24.1. The van der Waals surface area contributed by atoms with Crippen LogP contribution in [0.1, 0.15) is 51.3 Å². The van der Waals surface area contributed by atoms with Gasteiger partial charge in [-0.1, -0.05) is 37.0 Å². The molecule has 1 aromatic carbocycles. The lowest BCUT2D eigenvalue weighted by Gasteiger charge is -2.28. The molecule has 3 heterocycles. The number of hydrogen-bond donors (Lipinski definition) is 2. The SMILES string of the molecule is CC.C[C@@H](Oc1nc(-c2cnn(C3CCN(N)CC3)c2)cnc1N)c1c(Cl)ccc(F)c1Cl. The van der Waals surface area contributed by atoms with Gasteiger partial charge in [-0.25, -0.2) is 19.4 Å². The van der Waals surface area contributed by atoms with Crippen LogP contribution >= 0.6 is 23.2 Å². The number of hydrazine groups is 1. The second-order valence-corrected chi connectivity index (χ2v) is 8.22. The Balaban J connectivity index is 0.00000149. The average Bonchev–Trinajstić information content (AvgIpc) is 3.30. The molecule has 0 unspecified atom stereocenters. The number of piperidine rings is 1. The van der Waals surface area contributed by atoms with Gasteiger partial charge in [-0.2, -0.15) is 5.10 Å². The van der Waals surface area contributed by atoms with Crippen LogP contribution in [-0.4, -0.2) is 37.8 Å². The third-order valence-electron chi connectivity index (χ3n) is 5.31. The minimum atomic E-state index is -0.702. The van der Waals surface area contributed by atoms with Crippen LogP contribution in [0.25, 0.3) is 11.3 Å². The predicted molar refractivity (Wildman–Crippen MR) is 129 cm³/mol. The molecule has 1 saturated heterocycles. The minimum Gasteiger partial charge on any atom is -0.467 e. The van der Waals surface area contributed by atoms with Crippen LogP contribution in [0.2, 0.25) is 10.0 Å². The first-order chi connectivity index (χ1) is 15.8. The van der Waals surface area contributed by atoms with Crippen molar-refractivity contribution in [3.05, 3.63) is 52.1 Å². The van der Waals surface area contributed by atoms with E-state index in [0.29, 0.717) is 11.3 Å². The first kappa shape index (κ1) is 25.2. The van der Waals surface area contributed by atoms with Gasteiger partial charge >= 0.3 is 0 Å². The van der Waals surface area contributed by atoms with Crippen molar-refractivity contribution in [1.82, 2.24) is 24.8 Å². The summed E-state index contributed by atoms with van der Waals surface area (Å²) in [5.41, 5.74) is 7.60. The topological polar surface area (TPSA) is 108 Å². The number of aromatic nitrogens is 4. The fraction of sp³-hybridized carbons (Fsp3) is 0.409.